The van der Waals surface area contributed by atoms with Gasteiger partial charge in [-0.2, -0.15) is 0 Å². The van der Waals surface area contributed by atoms with Gasteiger partial charge in [-0.05, 0) is 17.7 Å². The molecule has 0 radical (unpaired) electrons. The van der Waals surface area contributed by atoms with Crippen LogP contribution in [0, 0.1) is 0 Å². The van der Waals surface area contributed by atoms with Crippen molar-refractivity contribution in [2.24, 2.45) is 5.73 Å². The van der Waals surface area contributed by atoms with Crippen molar-refractivity contribution >= 4 is 11.6 Å². The number of aromatic nitrogens is 1. The average molecular weight is 257 g/mol. The van der Waals surface area contributed by atoms with Crippen LogP contribution in [-0.4, -0.2) is 22.6 Å². The third-order valence-corrected chi connectivity index (χ3v) is 2.74. The SMILES string of the molecule is NC(=O)c1cc(NC(CO)c2ccccc2)ccn1. The molecule has 0 saturated carbocycles. The minimum absolute atomic E-state index is 0.0573. The fourth-order valence-electron chi connectivity index (χ4n) is 1.78. The molecular weight excluding hydrogens is 242 g/mol. The van der Waals surface area contributed by atoms with Crippen LogP contribution in [0.25, 0.3) is 0 Å². The summed E-state index contributed by atoms with van der Waals surface area (Å²) in [5.41, 5.74) is 7.02. The molecule has 19 heavy (non-hydrogen) atoms. The molecule has 0 spiro atoms. The van der Waals surface area contributed by atoms with Gasteiger partial charge in [-0.1, -0.05) is 30.3 Å². The third-order valence-electron chi connectivity index (χ3n) is 2.74. The summed E-state index contributed by atoms with van der Waals surface area (Å²) in [5.74, 6) is -0.580. The summed E-state index contributed by atoms with van der Waals surface area (Å²) < 4.78 is 0. The Bertz CT molecular complexity index is 558. The molecule has 5 nitrogen and oxygen atoms in total. The molecule has 1 amide bonds. The van der Waals surface area contributed by atoms with Crippen LogP contribution in [0.15, 0.2) is 48.7 Å². The van der Waals surface area contributed by atoms with Crippen LogP contribution in [-0.2, 0) is 0 Å². The monoisotopic (exact) mass is 257 g/mol. The standard InChI is InChI=1S/C14H15N3O2/c15-14(19)12-8-11(6-7-16-12)17-13(9-18)10-4-2-1-3-5-10/h1-8,13,18H,9H2,(H2,15,19)(H,16,17). The molecule has 1 atom stereocenters. The first-order valence-corrected chi connectivity index (χ1v) is 5.89. The molecule has 1 heterocycles. The Hall–Kier alpha value is -2.40. The third kappa shape index (κ3) is 3.29. The summed E-state index contributed by atoms with van der Waals surface area (Å²) in [4.78, 5) is 14.9. The molecule has 0 saturated heterocycles. The van der Waals surface area contributed by atoms with Crippen LogP contribution in [0.5, 0.6) is 0 Å². The summed E-state index contributed by atoms with van der Waals surface area (Å²) in [6.07, 6.45) is 1.50. The Labute approximate surface area is 111 Å². The summed E-state index contributed by atoms with van der Waals surface area (Å²) in [5, 5.41) is 12.6. The highest BCUT2D eigenvalue weighted by Crippen LogP contribution is 2.19. The molecule has 5 heteroatoms. The second-order valence-electron chi connectivity index (χ2n) is 4.08. The van der Waals surface area contributed by atoms with Gasteiger partial charge < -0.3 is 16.2 Å². The average Bonchev–Trinajstić information content (AvgIpc) is 2.46. The van der Waals surface area contributed by atoms with Gasteiger partial charge in [0.2, 0.25) is 0 Å². The maximum atomic E-state index is 11.1. The van der Waals surface area contributed by atoms with Crippen molar-refractivity contribution in [3.63, 3.8) is 0 Å². The molecule has 0 fully saturated rings. The Morgan fingerprint density at radius 3 is 2.68 bits per heavy atom. The van der Waals surface area contributed by atoms with Gasteiger partial charge in [0.25, 0.3) is 5.91 Å². The van der Waals surface area contributed by atoms with E-state index in [-0.39, 0.29) is 18.3 Å². The molecular formula is C14H15N3O2. The molecule has 2 rings (SSSR count). The summed E-state index contributed by atoms with van der Waals surface area (Å²) >= 11 is 0. The predicted molar refractivity (Wildman–Crippen MR) is 72.6 cm³/mol. The fourth-order valence-corrected chi connectivity index (χ4v) is 1.78. The highest BCUT2D eigenvalue weighted by molar-refractivity contribution is 5.91. The number of primary amides is 1. The number of benzene rings is 1. The van der Waals surface area contributed by atoms with E-state index in [2.05, 4.69) is 10.3 Å². The lowest BCUT2D eigenvalue weighted by molar-refractivity contribution is 0.0995. The van der Waals surface area contributed by atoms with Crippen molar-refractivity contribution in [2.45, 2.75) is 6.04 Å². The van der Waals surface area contributed by atoms with E-state index < -0.39 is 5.91 Å². The fraction of sp³-hybridized carbons (Fsp3) is 0.143. The van der Waals surface area contributed by atoms with Gasteiger partial charge in [-0.25, -0.2) is 0 Å². The number of hydrogen-bond acceptors (Lipinski definition) is 4. The first kappa shape index (κ1) is 13.0. The zero-order valence-electron chi connectivity index (χ0n) is 10.3. The van der Waals surface area contributed by atoms with Crippen LogP contribution in [0.4, 0.5) is 5.69 Å². The van der Waals surface area contributed by atoms with Gasteiger partial charge in [-0.15, -0.1) is 0 Å². The number of carbonyl (C=O) groups is 1. The van der Waals surface area contributed by atoms with Crippen molar-refractivity contribution in [3.05, 3.63) is 59.9 Å². The quantitative estimate of drug-likeness (QED) is 0.754. The zero-order valence-corrected chi connectivity index (χ0v) is 10.3. The summed E-state index contributed by atoms with van der Waals surface area (Å²) in [6, 6.07) is 12.6. The first-order chi connectivity index (χ1) is 9.20. The minimum Gasteiger partial charge on any atom is -0.394 e. The van der Waals surface area contributed by atoms with Crippen molar-refractivity contribution in [2.75, 3.05) is 11.9 Å². The number of amides is 1. The smallest absolute Gasteiger partial charge is 0.267 e. The van der Waals surface area contributed by atoms with E-state index in [0.717, 1.165) is 5.56 Å². The van der Waals surface area contributed by atoms with Crippen LogP contribution < -0.4 is 11.1 Å². The van der Waals surface area contributed by atoms with Crippen LogP contribution in [0.2, 0.25) is 0 Å². The Morgan fingerprint density at radius 2 is 2.05 bits per heavy atom. The Kier molecular flexibility index (Phi) is 4.10. The molecule has 2 aromatic rings. The van der Waals surface area contributed by atoms with E-state index >= 15 is 0 Å². The molecule has 0 aliphatic heterocycles. The van der Waals surface area contributed by atoms with E-state index in [1.165, 1.54) is 6.20 Å². The topological polar surface area (TPSA) is 88.2 Å². The molecule has 1 aromatic heterocycles. The number of nitrogens with one attached hydrogen (secondary N) is 1. The molecule has 4 N–H and O–H groups in total. The number of aliphatic hydroxyl groups excluding tert-OH is 1. The molecule has 98 valence electrons. The second-order valence-corrected chi connectivity index (χ2v) is 4.08. The molecule has 1 aromatic carbocycles. The Balaban J connectivity index is 2.19. The number of anilines is 1. The Morgan fingerprint density at radius 1 is 1.32 bits per heavy atom. The minimum atomic E-state index is -0.580. The normalized spacial score (nSPS) is 11.8. The summed E-state index contributed by atoms with van der Waals surface area (Å²) in [6.45, 7) is -0.0573. The second kappa shape index (κ2) is 5.97. The van der Waals surface area contributed by atoms with E-state index in [4.69, 9.17) is 5.73 Å². The number of pyridine rings is 1. The molecule has 1 unspecified atom stereocenters. The van der Waals surface area contributed by atoms with E-state index in [0.29, 0.717) is 5.69 Å². The van der Waals surface area contributed by atoms with Gasteiger partial charge in [0.05, 0.1) is 12.6 Å². The first-order valence-electron chi connectivity index (χ1n) is 5.89. The number of nitrogens with zero attached hydrogens (tertiary/aromatic N) is 1. The molecule has 0 aliphatic carbocycles. The number of carbonyl (C=O) groups excluding carboxylic acids is 1. The number of nitrogens with two attached hydrogens (primary N) is 1. The number of aliphatic hydroxyl groups is 1. The van der Waals surface area contributed by atoms with Gasteiger partial charge in [-0.3, -0.25) is 9.78 Å². The van der Waals surface area contributed by atoms with Crippen LogP contribution in [0.3, 0.4) is 0 Å². The van der Waals surface area contributed by atoms with E-state index in [1.807, 2.05) is 30.3 Å². The van der Waals surface area contributed by atoms with Gasteiger partial charge in [0.1, 0.15) is 5.69 Å². The highest BCUT2D eigenvalue weighted by Gasteiger charge is 2.10. The van der Waals surface area contributed by atoms with Gasteiger partial charge in [0, 0.05) is 11.9 Å². The van der Waals surface area contributed by atoms with Crippen LogP contribution in [0.1, 0.15) is 22.1 Å². The zero-order chi connectivity index (χ0) is 13.7. The molecule has 0 aliphatic rings. The largest absolute Gasteiger partial charge is 0.394 e. The van der Waals surface area contributed by atoms with Gasteiger partial charge in [0.15, 0.2) is 0 Å². The van der Waals surface area contributed by atoms with E-state index in [9.17, 15) is 9.90 Å². The lowest BCUT2D eigenvalue weighted by atomic mass is 10.1. The maximum absolute atomic E-state index is 11.1. The van der Waals surface area contributed by atoms with Crippen LogP contribution >= 0.6 is 0 Å². The van der Waals surface area contributed by atoms with Crippen molar-refractivity contribution < 1.29 is 9.90 Å². The highest BCUT2D eigenvalue weighted by atomic mass is 16.3. The predicted octanol–water partition coefficient (Wildman–Crippen LogP) is 1.33. The van der Waals surface area contributed by atoms with Gasteiger partial charge >= 0.3 is 0 Å². The number of hydrogen-bond donors (Lipinski definition) is 3. The lowest BCUT2D eigenvalue weighted by Gasteiger charge is -2.18. The lowest BCUT2D eigenvalue weighted by Crippen LogP contribution is -2.17. The maximum Gasteiger partial charge on any atom is 0.267 e. The van der Waals surface area contributed by atoms with Crippen molar-refractivity contribution in [3.8, 4) is 0 Å². The summed E-state index contributed by atoms with van der Waals surface area (Å²) in [7, 11) is 0. The van der Waals surface area contributed by atoms with Crippen molar-refractivity contribution in [1.29, 1.82) is 0 Å². The molecule has 0 bridgehead atoms. The van der Waals surface area contributed by atoms with E-state index in [1.54, 1.807) is 12.1 Å². The van der Waals surface area contributed by atoms with Crippen molar-refractivity contribution in [1.82, 2.24) is 4.98 Å². The number of rotatable bonds is 5.